The molecular formula is C23H36O2. The van der Waals surface area contributed by atoms with Crippen molar-refractivity contribution in [1.29, 1.82) is 0 Å². The van der Waals surface area contributed by atoms with E-state index in [0.717, 1.165) is 23.3 Å². The van der Waals surface area contributed by atoms with Crippen LogP contribution in [0.2, 0.25) is 0 Å². The van der Waals surface area contributed by atoms with Gasteiger partial charge in [0.1, 0.15) is 5.75 Å². The fourth-order valence-electron chi connectivity index (χ4n) is 4.17. The van der Waals surface area contributed by atoms with Crippen molar-refractivity contribution in [3.05, 3.63) is 36.4 Å². The molecule has 1 aromatic rings. The molecule has 1 N–H and O–H groups in total. The molecule has 2 heteroatoms. The summed E-state index contributed by atoms with van der Waals surface area (Å²) < 4.78 is 5.26. The minimum Gasteiger partial charge on any atom is -0.497 e. The third-order valence-electron chi connectivity index (χ3n) is 5.82. The molecule has 0 heterocycles. The maximum atomic E-state index is 11.1. The molecule has 2 atom stereocenters. The molecule has 0 aliphatic heterocycles. The highest BCUT2D eigenvalue weighted by atomic mass is 16.5. The molecule has 2 nitrogen and oxygen atoms in total. The molecule has 0 bridgehead atoms. The molecular weight excluding hydrogens is 308 g/mol. The van der Waals surface area contributed by atoms with E-state index >= 15 is 0 Å². The van der Waals surface area contributed by atoms with Crippen LogP contribution >= 0.6 is 0 Å². The lowest BCUT2D eigenvalue weighted by molar-refractivity contribution is 0.0496. The third kappa shape index (κ3) is 5.88. The van der Waals surface area contributed by atoms with Crippen LogP contribution in [0, 0.1) is 11.8 Å². The van der Waals surface area contributed by atoms with Gasteiger partial charge in [-0.3, -0.25) is 0 Å². The standard InChI is InChI=1S/C23H36O2/c1-4-5-6-10-13-22(23(24)20-11-8-7-9-12-20)18(2)19-14-16-21(25-3)17-15-19/h14-17,20,22-24H,2,4-13H2,1,3H3/t22-,23-/m0/s1. The average molecular weight is 345 g/mol. The Balaban J connectivity index is 2.08. The fourth-order valence-corrected chi connectivity index (χ4v) is 4.17. The Morgan fingerprint density at radius 3 is 2.40 bits per heavy atom. The molecule has 140 valence electrons. The molecule has 0 spiro atoms. The van der Waals surface area contributed by atoms with Crippen LogP contribution in [-0.4, -0.2) is 18.3 Å². The van der Waals surface area contributed by atoms with Crippen molar-refractivity contribution in [2.75, 3.05) is 7.11 Å². The number of aliphatic hydroxyl groups excluding tert-OH is 1. The van der Waals surface area contributed by atoms with E-state index in [9.17, 15) is 5.11 Å². The average Bonchev–Trinajstić information content (AvgIpc) is 2.68. The molecule has 0 saturated heterocycles. The predicted octanol–water partition coefficient (Wildman–Crippen LogP) is 6.24. The maximum absolute atomic E-state index is 11.1. The second-order valence-corrected chi connectivity index (χ2v) is 7.60. The summed E-state index contributed by atoms with van der Waals surface area (Å²) in [6.45, 7) is 6.64. The Morgan fingerprint density at radius 1 is 1.12 bits per heavy atom. The van der Waals surface area contributed by atoms with E-state index in [1.54, 1.807) is 7.11 Å². The maximum Gasteiger partial charge on any atom is 0.118 e. The Hall–Kier alpha value is -1.28. The number of unbranched alkanes of at least 4 members (excludes halogenated alkanes) is 3. The van der Waals surface area contributed by atoms with Crippen molar-refractivity contribution in [2.24, 2.45) is 11.8 Å². The lowest BCUT2D eigenvalue weighted by atomic mass is 9.75. The Labute approximate surface area is 154 Å². The van der Waals surface area contributed by atoms with Gasteiger partial charge in [0.2, 0.25) is 0 Å². The summed E-state index contributed by atoms with van der Waals surface area (Å²) in [6.07, 6.45) is 11.9. The summed E-state index contributed by atoms with van der Waals surface area (Å²) in [4.78, 5) is 0. The monoisotopic (exact) mass is 344 g/mol. The van der Waals surface area contributed by atoms with E-state index in [0.29, 0.717) is 5.92 Å². The number of rotatable bonds is 10. The second kappa shape index (κ2) is 10.7. The SMILES string of the molecule is C=C(c1ccc(OC)cc1)[C@H](CCCCCC)[C@@H](O)C1CCCCC1. The van der Waals surface area contributed by atoms with Crippen LogP contribution in [0.3, 0.4) is 0 Å². The van der Waals surface area contributed by atoms with Gasteiger partial charge in [0.05, 0.1) is 13.2 Å². The number of ether oxygens (including phenoxy) is 1. The van der Waals surface area contributed by atoms with Gasteiger partial charge in [-0.1, -0.05) is 70.6 Å². The van der Waals surface area contributed by atoms with Gasteiger partial charge in [0, 0.05) is 5.92 Å². The summed E-state index contributed by atoms with van der Waals surface area (Å²) in [5, 5.41) is 11.1. The third-order valence-corrected chi connectivity index (χ3v) is 5.82. The molecule has 0 unspecified atom stereocenters. The Bertz CT molecular complexity index is 499. The van der Waals surface area contributed by atoms with Gasteiger partial charge in [0.25, 0.3) is 0 Å². The molecule has 0 radical (unpaired) electrons. The Kier molecular flexibility index (Phi) is 8.54. The lowest BCUT2D eigenvalue weighted by Crippen LogP contribution is -2.31. The van der Waals surface area contributed by atoms with Gasteiger partial charge in [-0.05, 0) is 48.4 Å². The number of methoxy groups -OCH3 is 1. The minimum atomic E-state index is -0.253. The van der Waals surface area contributed by atoms with Crippen LogP contribution in [-0.2, 0) is 0 Å². The van der Waals surface area contributed by atoms with E-state index in [1.807, 2.05) is 12.1 Å². The lowest BCUT2D eigenvalue weighted by Gasteiger charge is -2.34. The summed E-state index contributed by atoms with van der Waals surface area (Å²) in [5.41, 5.74) is 2.23. The number of aliphatic hydroxyl groups is 1. The van der Waals surface area contributed by atoms with Gasteiger partial charge >= 0.3 is 0 Å². The highest BCUT2D eigenvalue weighted by Gasteiger charge is 2.30. The van der Waals surface area contributed by atoms with Crippen molar-refractivity contribution >= 4 is 5.57 Å². The molecule has 0 aromatic heterocycles. The highest BCUT2D eigenvalue weighted by molar-refractivity contribution is 5.66. The van der Waals surface area contributed by atoms with Gasteiger partial charge in [-0.2, -0.15) is 0 Å². The molecule has 25 heavy (non-hydrogen) atoms. The number of hydrogen-bond donors (Lipinski definition) is 1. The topological polar surface area (TPSA) is 29.5 Å². The first-order chi connectivity index (χ1) is 12.2. The zero-order chi connectivity index (χ0) is 18.1. The summed E-state index contributed by atoms with van der Waals surface area (Å²) in [5.74, 6) is 1.48. The van der Waals surface area contributed by atoms with Crippen LogP contribution in [0.25, 0.3) is 5.57 Å². The first-order valence-corrected chi connectivity index (χ1v) is 10.2. The largest absolute Gasteiger partial charge is 0.497 e. The van der Waals surface area contributed by atoms with E-state index < -0.39 is 0 Å². The summed E-state index contributed by atoms with van der Waals surface area (Å²) >= 11 is 0. The zero-order valence-corrected chi connectivity index (χ0v) is 16.2. The van der Waals surface area contributed by atoms with Gasteiger partial charge < -0.3 is 9.84 Å². The molecule has 2 rings (SSSR count). The quantitative estimate of drug-likeness (QED) is 0.509. The number of benzene rings is 1. The molecule has 1 fully saturated rings. The van der Waals surface area contributed by atoms with Crippen LogP contribution in [0.1, 0.15) is 76.7 Å². The number of hydrogen-bond acceptors (Lipinski definition) is 2. The Morgan fingerprint density at radius 2 is 1.80 bits per heavy atom. The van der Waals surface area contributed by atoms with E-state index in [4.69, 9.17) is 4.74 Å². The normalized spacial score (nSPS) is 17.9. The first-order valence-electron chi connectivity index (χ1n) is 10.2. The van der Waals surface area contributed by atoms with Gasteiger partial charge in [-0.25, -0.2) is 0 Å². The highest BCUT2D eigenvalue weighted by Crippen LogP contribution is 2.37. The smallest absolute Gasteiger partial charge is 0.118 e. The minimum absolute atomic E-state index is 0.174. The van der Waals surface area contributed by atoms with Crippen molar-refractivity contribution in [2.45, 2.75) is 77.2 Å². The fraction of sp³-hybridized carbons (Fsp3) is 0.652. The van der Waals surface area contributed by atoms with Gasteiger partial charge in [0.15, 0.2) is 0 Å². The zero-order valence-electron chi connectivity index (χ0n) is 16.2. The van der Waals surface area contributed by atoms with E-state index in [-0.39, 0.29) is 12.0 Å². The van der Waals surface area contributed by atoms with Crippen molar-refractivity contribution in [1.82, 2.24) is 0 Å². The molecule has 1 aromatic carbocycles. The van der Waals surface area contributed by atoms with Crippen LogP contribution in [0.5, 0.6) is 5.75 Å². The molecule has 1 saturated carbocycles. The van der Waals surface area contributed by atoms with Gasteiger partial charge in [-0.15, -0.1) is 0 Å². The van der Waals surface area contributed by atoms with Crippen molar-refractivity contribution in [3.8, 4) is 5.75 Å². The van der Waals surface area contributed by atoms with Crippen molar-refractivity contribution < 1.29 is 9.84 Å². The van der Waals surface area contributed by atoms with Crippen LogP contribution in [0.4, 0.5) is 0 Å². The second-order valence-electron chi connectivity index (χ2n) is 7.60. The predicted molar refractivity (Wildman–Crippen MR) is 107 cm³/mol. The molecule has 1 aliphatic rings. The summed E-state index contributed by atoms with van der Waals surface area (Å²) in [7, 11) is 1.69. The van der Waals surface area contributed by atoms with E-state index in [1.165, 1.54) is 57.8 Å². The van der Waals surface area contributed by atoms with Crippen LogP contribution < -0.4 is 4.74 Å². The van der Waals surface area contributed by atoms with Crippen molar-refractivity contribution in [3.63, 3.8) is 0 Å². The molecule has 1 aliphatic carbocycles. The first kappa shape index (κ1) is 20.0. The molecule has 0 amide bonds. The van der Waals surface area contributed by atoms with E-state index in [2.05, 4.69) is 25.6 Å². The van der Waals surface area contributed by atoms with Crippen LogP contribution in [0.15, 0.2) is 30.8 Å². The summed E-state index contributed by atoms with van der Waals surface area (Å²) in [6, 6.07) is 8.13.